The lowest BCUT2D eigenvalue weighted by Gasteiger charge is -2.40. The summed E-state index contributed by atoms with van der Waals surface area (Å²) in [5.41, 5.74) is 1.68. The maximum absolute atomic E-state index is 15.4. The van der Waals surface area contributed by atoms with E-state index in [1.54, 1.807) is 24.4 Å². The number of hydrogen-bond donors (Lipinski definition) is 1. The number of ether oxygens (including phenoxy) is 2. The summed E-state index contributed by atoms with van der Waals surface area (Å²) in [6.07, 6.45) is 1.25. The molecule has 3 amide bonds. The first-order valence-electron chi connectivity index (χ1n) is 10.5. The van der Waals surface area contributed by atoms with E-state index in [1.807, 2.05) is 0 Å². The van der Waals surface area contributed by atoms with Crippen LogP contribution in [0.25, 0.3) is 0 Å². The molecule has 9 nitrogen and oxygen atoms in total. The molecule has 3 aliphatic rings. The summed E-state index contributed by atoms with van der Waals surface area (Å²) in [6, 6.07) is 4.59. The number of allylic oxidation sites excluding steroid dienone is 1. The van der Waals surface area contributed by atoms with Crippen LogP contribution in [0.3, 0.4) is 0 Å². The molecule has 2 unspecified atom stereocenters. The second-order valence-corrected chi connectivity index (χ2v) is 8.00. The largest absolute Gasteiger partial charge is 0.494 e. The number of hydrogen-bond acceptors (Lipinski definition) is 6. The Hall–Kier alpha value is -3.86. The normalized spacial score (nSPS) is 21.8. The molecule has 0 spiro atoms. The van der Waals surface area contributed by atoms with Crippen LogP contribution in [-0.2, 0) is 33.8 Å². The van der Waals surface area contributed by atoms with Gasteiger partial charge in [0.05, 0.1) is 43.7 Å². The van der Waals surface area contributed by atoms with Gasteiger partial charge in [-0.15, -0.1) is 0 Å². The third-order valence-corrected chi connectivity index (χ3v) is 6.02. The quantitative estimate of drug-likeness (QED) is 0.723. The number of urea groups is 1. The molecule has 0 aromatic carbocycles. The Morgan fingerprint density at radius 1 is 1.24 bits per heavy atom. The minimum Gasteiger partial charge on any atom is -0.494 e. The van der Waals surface area contributed by atoms with Crippen LogP contribution in [0.15, 0.2) is 54.0 Å². The van der Waals surface area contributed by atoms with Crippen molar-refractivity contribution in [3.8, 4) is 0 Å². The zero-order valence-corrected chi connectivity index (χ0v) is 18.4. The predicted octanol–water partition coefficient (Wildman–Crippen LogP) is 2.99. The van der Waals surface area contributed by atoms with Crippen molar-refractivity contribution in [3.63, 3.8) is 0 Å². The first-order chi connectivity index (χ1) is 16.4. The minimum absolute atomic E-state index is 0.0281. The number of carbonyl (C=O) groups excluding carboxylic acids is 2. The van der Waals surface area contributed by atoms with Crippen molar-refractivity contribution >= 4 is 23.4 Å². The van der Waals surface area contributed by atoms with E-state index in [0.717, 1.165) is 4.90 Å². The van der Waals surface area contributed by atoms with Gasteiger partial charge in [0.1, 0.15) is 11.9 Å². The van der Waals surface area contributed by atoms with Crippen LogP contribution >= 0.6 is 0 Å². The monoisotopic (exact) mass is 469 g/mol. The van der Waals surface area contributed by atoms with Crippen molar-refractivity contribution in [1.82, 2.24) is 14.9 Å². The van der Waals surface area contributed by atoms with Crippen LogP contribution in [0.4, 0.5) is 25.1 Å². The second-order valence-electron chi connectivity index (χ2n) is 8.00. The Kier molecular flexibility index (Phi) is 5.48. The Balaban J connectivity index is 1.64. The molecule has 2 aliphatic heterocycles. The van der Waals surface area contributed by atoms with Crippen molar-refractivity contribution in [3.05, 3.63) is 70.8 Å². The van der Waals surface area contributed by atoms with Crippen molar-refractivity contribution in [2.45, 2.75) is 31.8 Å². The van der Waals surface area contributed by atoms with E-state index >= 15 is 8.78 Å². The highest BCUT2D eigenvalue weighted by molar-refractivity contribution is 6.04. The lowest BCUT2D eigenvalue weighted by atomic mass is 9.99. The first-order valence-corrected chi connectivity index (χ1v) is 10.5. The van der Waals surface area contributed by atoms with Gasteiger partial charge in [0.2, 0.25) is 5.91 Å². The van der Waals surface area contributed by atoms with Crippen molar-refractivity contribution in [2.75, 3.05) is 24.4 Å². The van der Waals surface area contributed by atoms with Gasteiger partial charge in [0, 0.05) is 30.6 Å². The van der Waals surface area contributed by atoms with Gasteiger partial charge in [-0.3, -0.25) is 19.6 Å². The summed E-state index contributed by atoms with van der Waals surface area (Å²) in [7, 11) is 2.55. The Morgan fingerprint density at radius 2 is 2.06 bits per heavy atom. The molecule has 2 aromatic heterocycles. The van der Waals surface area contributed by atoms with Gasteiger partial charge in [-0.2, -0.15) is 0 Å². The highest BCUT2D eigenvalue weighted by atomic mass is 19.1. The summed E-state index contributed by atoms with van der Waals surface area (Å²) in [5, 5.41) is 2.68. The predicted molar refractivity (Wildman–Crippen MR) is 117 cm³/mol. The molecule has 1 N–H and O–H groups in total. The van der Waals surface area contributed by atoms with E-state index in [0.29, 0.717) is 28.3 Å². The molecular formula is C23H21F2N5O4. The van der Waals surface area contributed by atoms with Crippen LogP contribution < -0.4 is 10.2 Å². The number of halogens is 2. The fraction of sp³-hybridized carbons (Fsp3) is 0.304. The van der Waals surface area contributed by atoms with E-state index in [1.165, 1.54) is 31.4 Å². The van der Waals surface area contributed by atoms with Crippen LogP contribution in [0.2, 0.25) is 0 Å². The highest BCUT2D eigenvalue weighted by Crippen LogP contribution is 2.42. The van der Waals surface area contributed by atoms with Crippen LogP contribution in [0.1, 0.15) is 16.8 Å². The molecule has 2 atom stereocenters. The van der Waals surface area contributed by atoms with Crippen molar-refractivity contribution in [2.24, 2.45) is 0 Å². The molecular weight excluding hydrogens is 448 g/mol. The third kappa shape index (κ3) is 3.48. The van der Waals surface area contributed by atoms with Crippen LogP contribution in [-0.4, -0.2) is 53.3 Å². The average Bonchev–Trinajstić information content (AvgIpc) is 3.22. The van der Waals surface area contributed by atoms with Crippen LogP contribution in [0, 0.1) is 0 Å². The average molecular weight is 469 g/mol. The van der Waals surface area contributed by atoms with E-state index < -0.39 is 29.8 Å². The molecule has 0 bridgehead atoms. The third-order valence-electron chi connectivity index (χ3n) is 6.02. The lowest BCUT2D eigenvalue weighted by molar-refractivity contribution is -0.115. The van der Waals surface area contributed by atoms with E-state index in [2.05, 4.69) is 15.3 Å². The molecule has 5 rings (SSSR count). The molecule has 0 fully saturated rings. The zero-order valence-electron chi connectivity index (χ0n) is 18.4. The van der Waals surface area contributed by atoms with Gasteiger partial charge in [-0.05, 0) is 18.2 Å². The number of nitrogens with zero attached hydrogens (tertiary/aromatic N) is 4. The Labute approximate surface area is 193 Å². The zero-order chi connectivity index (χ0) is 24.0. The number of methoxy groups -OCH3 is 2. The Bertz CT molecular complexity index is 1230. The maximum Gasteiger partial charge on any atom is 0.329 e. The van der Waals surface area contributed by atoms with Gasteiger partial charge in [0.25, 0.3) is 0 Å². The van der Waals surface area contributed by atoms with Gasteiger partial charge >= 0.3 is 6.03 Å². The topological polar surface area (TPSA) is 96.9 Å². The molecule has 2 aromatic rings. The minimum atomic E-state index is -1.95. The van der Waals surface area contributed by atoms with Crippen molar-refractivity contribution < 1.29 is 27.8 Å². The number of rotatable bonds is 5. The number of aromatic nitrogens is 2. The molecule has 176 valence electrons. The molecule has 4 heterocycles. The summed E-state index contributed by atoms with van der Waals surface area (Å²) in [5.74, 6) is -1.07. The van der Waals surface area contributed by atoms with Gasteiger partial charge in [0.15, 0.2) is 17.8 Å². The number of anilines is 2. The van der Waals surface area contributed by atoms with Gasteiger partial charge < -0.3 is 14.8 Å². The SMILES string of the molecule is COC1=CC(OC)C(F)C(N2Cc3cnc4c(c3N(Cc3ccccn3)C2=O)CC(=O)N4)=C1F. The number of carbonyl (C=O) groups is 2. The molecule has 11 heteroatoms. The smallest absolute Gasteiger partial charge is 0.329 e. The van der Waals surface area contributed by atoms with E-state index in [-0.39, 0.29) is 31.2 Å². The fourth-order valence-electron chi connectivity index (χ4n) is 4.44. The summed E-state index contributed by atoms with van der Waals surface area (Å²) < 4.78 is 41.0. The molecule has 0 saturated heterocycles. The number of alkyl halides is 1. The summed E-state index contributed by atoms with van der Waals surface area (Å²) in [4.78, 5) is 36.8. The number of pyridine rings is 2. The van der Waals surface area contributed by atoms with E-state index in [4.69, 9.17) is 9.47 Å². The van der Waals surface area contributed by atoms with Gasteiger partial charge in [-0.25, -0.2) is 18.6 Å². The fourth-order valence-corrected chi connectivity index (χ4v) is 4.44. The van der Waals surface area contributed by atoms with E-state index in [9.17, 15) is 9.59 Å². The van der Waals surface area contributed by atoms with Crippen molar-refractivity contribution in [1.29, 1.82) is 0 Å². The number of amides is 3. The van der Waals surface area contributed by atoms with Gasteiger partial charge in [-0.1, -0.05) is 6.07 Å². The molecule has 1 aliphatic carbocycles. The first kappa shape index (κ1) is 22.0. The second kappa shape index (κ2) is 8.49. The maximum atomic E-state index is 15.4. The number of nitrogens with one attached hydrogen (secondary N) is 1. The summed E-state index contributed by atoms with van der Waals surface area (Å²) >= 11 is 0. The molecule has 0 radical (unpaired) electrons. The standard InChI is InChI=1S/C23H21F2N5O4/c1-33-15-8-16(34-2)19(25)21(18(15)24)29-10-12-9-27-22-14(7-17(31)28-22)20(12)30(23(29)32)11-13-5-3-4-6-26-13/h3-6,8-9,15,18H,7,10-11H2,1-2H3,(H,27,28,31). The Morgan fingerprint density at radius 3 is 2.76 bits per heavy atom. The summed E-state index contributed by atoms with van der Waals surface area (Å²) in [6.45, 7) is -0.113. The van der Waals surface area contributed by atoms with Crippen LogP contribution in [0.5, 0.6) is 0 Å². The lowest BCUT2D eigenvalue weighted by Crippen LogP contribution is -2.50. The number of fused-ring (bicyclic) bond motifs is 3. The molecule has 34 heavy (non-hydrogen) atoms. The highest BCUT2D eigenvalue weighted by Gasteiger charge is 2.44. The molecule has 0 saturated carbocycles.